The number of amidine groups is 1. The second-order valence-corrected chi connectivity index (χ2v) is 7.12. The summed E-state index contributed by atoms with van der Waals surface area (Å²) in [5, 5.41) is 8.97. The molecule has 0 radical (unpaired) electrons. The molecule has 0 fully saturated rings. The number of fused-ring (bicyclic) bond motifs is 2. The molecule has 1 aromatic carbocycles. The topological polar surface area (TPSA) is 77.2 Å². The summed E-state index contributed by atoms with van der Waals surface area (Å²) in [6.07, 6.45) is 8.69. The fourth-order valence-electron chi connectivity index (χ4n) is 3.32. The van der Waals surface area contributed by atoms with Crippen LogP contribution in [0.1, 0.15) is 16.8 Å². The van der Waals surface area contributed by atoms with Gasteiger partial charge >= 0.3 is 0 Å². The van der Waals surface area contributed by atoms with E-state index in [2.05, 4.69) is 31.3 Å². The fourth-order valence-corrected chi connectivity index (χ4v) is 3.62. The molecule has 1 aliphatic rings. The summed E-state index contributed by atoms with van der Waals surface area (Å²) in [5.74, 6) is 4.00. The number of nitrogens with one attached hydrogen (secondary N) is 1. The number of nitrogens with zero attached hydrogens (tertiary/aromatic N) is 5. The van der Waals surface area contributed by atoms with Crippen LogP contribution in [0.3, 0.4) is 0 Å². The van der Waals surface area contributed by atoms with Gasteiger partial charge in [0.05, 0.1) is 22.5 Å². The average Bonchev–Trinajstić information content (AvgIpc) is 3.30. The van der Waals surface area contributed by atoms with Crippen LogP contribution < -0.4 is 10.1 Å². The maximum absolute atomic E-state index is 6.60. The van der Waals surface area contributed by atoms with E-state index in [9.17, 15) is 0 Å². The first kappa shape index (κ1) is 18.2. The van der Waals surface area contributed by atoms with E-state index in [1.165, 1.54) is 0 Å². The molecule has 0 unspecified atom stereocenters. The molecule has 0 spiro atoms. The van der Waals surface area contributed by atoms with Crippen molar-refractivity contribution < 1.29 is 4.74 Å². The van der Waals surface area contributed by atoms with Gasteiger partial charge in [0, 0.05) is 42.3 Å². The van der Waals surface area contributed by atoms with Gasteiger partial charge in [-0.05, 0) is 24.3 Å². The number of hydrogen-bond acceptors (Lipinski definition) is 6. The Bertz CT molecular complexity index is 1350. The lowest BCUT2D eigenvalue weighted by Gasteiger charge is -2.09. The number of benzene rings is 1. The van der Waals surface area contributed by atoms with Gasteiger partial charge in [0.1, 0.15) is 5.69 Å². The standard InChI is InChI=1S/C22H15ClN6O/c1-3-13-6-7-18(25-11-13)30-22-19-16(23)9-15(10-17(19)29(2)28-22)27-21-20-14(12-26-21)5-4-8-24-20/h1,4-11H,12H2,2H3,(H,26,27). The van der Waals surface area contributed by atoms with E-state index in [1.54, 1.807) is 29.2 Å². The van der Waals surface area contributed by atoms with Crippen LogP contribution in [-0.4, -0.2) is 25.6 Å². The molecule has 0 atom stereocenters. The lowest BCUT2D eigenvalue weighted by Crippen LogP contribution is -2.13. The highest BCUT2D eigenvalue weighted by atomic mass is 35.5. The van der Waals surface area contributed by atoms with Gasteiger partial charge < -0.3 is 10.1 Å². The molecule has 0 amide bonds. The molecule has 5 rings (SSSR count). The van der Waals surface area contributed by atoms with E-state index in [1.807, 2.05) is 31.3 Å². The number of halogens is 1. The number of terminal acetylenes is 1. The number of aryl methyl sites for hydroxylation is 1. The van der Waals surface area contributed by atoms with E-state index in [-0.39, 0.29) is 0 Å². The number of hydrogen-bond donors (Lipinski definition) is 1. The number of aromatic nitrogens is 4. The minimum absolute atomic E-state index is 0.371. The van der Waals surface area contributed by atoms with Crippen molar-refractivity contribution in [2.45, 2.75) is 6.54 Å². The molecule has 0 saturated heterocycles. The minimum atomic E-state index is 0.371. The van der Waals surface area contributed by atoms with E-state index in [0.717, 1.165) is 28.3 Å². The molecule has 7 nitrogen and oxygen atoms in total. The minimum Gasteiger partial charge on any atom is -0.418 e. The summed E-state index contributed by atoms with van der Waals surface area (Å²) in [6.45, 7) is 0.608. The largest absolute Gasteiger partial charge is 0.418 e. The molecule has 1 aliphatic heterocycles. The maximum Gasteiger partial charge on any atom is 0.249 e. The van der Waals surface area contributed by atoms with E-state index >= 15 is 0 Å². The molecule has 0 aliphatic carbocycles. The third-order valence-corrected chi connectivity index (χ3v) is 5.06. The predicted molar refractivity (Wildman–Crippen MR) is 116 cm³/mol. The van der Waals surface area contributed by atoms with Gasteiger partial charge in [-0.15, -0.1) is 11.5 Å². The molecule has 30 heavy (non-hydrogen) atoms. The Balaban J connectivity index is 1.48. The molecule has 0 saturated carbocycles. The zero-order chi connectivity index (χ0) is 20.7. The number of rotatable bonds is 3. The first-order valence-electron chi connectivity index (χ1n) is 9.15. The lowest BCUT2D eigenvalue weighted by atomic mass is 10.2. The SMILES string of the molecule is C#Cc1ccc(Oc2nn(C)c3cc(NC4=NCc5cccnc54)cc(Cl)c23)nc1. The normalized spacial score (nSPS) is 12.4. The number of anilines is 1. The van der Waals surface area contributed by atoms with Crippen molar-refractivity contribution in [2.75, 3.05) is 5.32 Å². The van der Waals surface area contributed by atoms with Crippen LogP contribution in [0.25, 0.3) is 10.9 Å². The van der Waals surface area contributed by atoms with Crippen molar-refractivity contribution in [3.63, 3.8) is 0 Å². The smallest absolute Gasteiger partial charge is 0.249 e. The number of ether oxygens (including phenoxy) is 1. The molecular formula is C22H15ClN6O. The van der Waals surface area contributed by atoms with Crippen molar-refractivity contribution in [2.24, 2.45) is 12.0 Å². The molecule has 8 heteroatoms. The molecule has 4 heterocycles. The Hall–Kier alpha value is -3.89. The summed E-state index contributed by atoms with van der Waals surface area (Å²) in [7, 11) is 1.83. The summed E-state index contributed by atoms with van der Waals surface area (Å²) in [5.41, 5.74) is 4.21. The van der Waals surface area contributed by atoms with Crippen LogP contribution in [0.15, 0.2) is 53.8 Å². The second-order valence-electron chi connectivity index (χ2n) is 6.71. The van der Waals surface area contributed by atoms with Gasteiger partial charge in [0.15, 0.2) is 5.84 Å². The Labute approximate surface area is 177 Å². The number of pyridine rings is 2. The van der Waals surface area contributed by atoms with Crippen LogP contribution in [0, 0.1) is 12.3 Å². The maximum atomic E-state index is 6.60. The fraction of sp³-hybridized carbons (Fsp3) is 0.0909. The van der Waals surface area contributed by atoms with Crippen LogP contribution in [-0.2, 0) is 13.6 Å². The molecule has 146 valence electrons. The molecule has 1 N–H and O–H groups in total. The monoisotopic (exact) mass is 414 g/mol. The van der Waals surface area contributed by atoms with Crippen molar-refractivity contribution in [1.82, 2.24) is 19.7 Å². The quantitative estimate of drug-likeness (QED) is 0.509. The highest BCUT2D eigenvalue weighted by molar-refractivity contribution is 6.36. The molecular weight excluding hydrogens is 400 g/mol. The van der Waals surface area contributed by atoms with Crippen LogP contribution in [0.5, 0.6) is 11.8 Å². The first-order chi connectivity index (χ1) is 14.6. The Morgan fingerprint density at radius 3 is 2.93 bits per heavy atom. The predicted octanol–water partition coefficient (Wildman–Crippen LogP) is 4.16. The van der Waals surface area contributed by atoms with E-state index in [0.29, 0.717) is 34.3 Å². The summed E-state index contributed by atoms with van der Waals surface area (Å²) < 4.78 is 7.57. The van der Waals surface area contributed by atoms with E-state index in [4.69, 9.17) is 22.8 Å². The van der Waals surface area contributed by atoms with E-state index < -0.39 is 0 Å². The lowest BCUT2D eigenvalue weighted by molar-refractivity contribution is 0.441. The van der Waals surface area contributed by atoms with Crippen LogP contribution >= 0.6 is 11.6 Å². The zero-order valence-electron chi connectivity index (χ0n) is 15.9. The Morgan fingerprint density at radius 1 is 1.23 bits per heavy atom. The third kappa shape index (κ3) is 3.13. The number of aliphatic imine (C=N–C) groups is 1. The average molecular weight is 415 g/mol. The van der Waals surface area contributed by atoms with Gasteiger partial charge in [-0.1, -0.05) is 23.6 Å². The molecule has 4 aromatic rings. The van der Waals surface area contributed by atoms with Crippen LogP contribution in [0.2, 0.25) is 5.02 Å². The van der Waals surface area contributed by atoms with Gasteiger partial charge in [0.25, 0.3) is 0 Å². The highest BCUT2D eigenvalue weighted by Gasteiger charge is 2.20. The Morgan fingerprint density at radius 2 is 2.13 bits per heavy atom. The summed E-state index contributed by atoms with van der Waals surface area (Å²) in [4.78, 5) is 13.2. The summed E-state index contributed by atoms with van der Waals surface area (Å²) >= 11 is 6.60. The summed E-state index contributed by atoms with van der Waals surface area (Å²) in [6, 6.07) is 11.1. The van der Waals surface area contributed by atoms with Crippen molar-refractivity contribution in [3.05, 3.63) is 70.6 Å². The van der Waals surface area contributed by atoms with Crippen molar-refractivity contribution in [3.8, 4) is 24.1 Å². The third-order valence-electron chi connectivity index (χ3n) is 4.76. The van der Waals surface area contributed by atoms with Gasteiger partial charge in [-0.25, -0.2) is 4.98 Å². The zero-order valence-corrected chi connectivity index (χ0v) is 16.7. The second kappa shape index (κ2) is 7.17. The highest BCUT2D eigenvalue weighted by Crippen LogP contribution is 2.36. The van der Waals surface area contributed by atoms with Crippen LogP contribution in [0.4, 0.5) is 5.69 Å². The van der Waals surface area contributed by atoms with Gasteiger partial charge in [-0.3, -0.25) is 14.7 Å². The first-order valence-corrected chi connectivity index (χ1v) is 9.52. The molecule has 3 aromatic heterocycles. The molecule has 0 bridgehead atoms. The van der Waals surface area contributed by atoms with Crippen molar-refractivity contribution >= 4 is 34.0 Å². The van der Waals surface area contributed by atoms with Gasteiger partial charge in [-0.2, -0.15) is 0 Å². The van der Waals surface area contributed by atoms with Gasteiger partial charge in [0.2, 0.25) is 11.8 Å². The Kier molecular flexibility index (Phi) is 4.34. The van der Waals surface area contributed by atoms with Crippen molar-refractivity contribution in [1.29, 1.82) is 0 Å².